The predicted molar refractivity (Wildman–Crippen MR) is 89.7 cm³/mol. The first-order valence-corrected chi connectivity index (χ1v) is 6.99. The molecule has 1 aromatic carbocycles. The zero-order chi connectivity index (χ0) is 15.4. The fourth-order valence-corrected chi connectivity index (χ4v) is 2.35. The number of likely N-dealkylation sites (N-methyl/N-ethyl adjacent to an activating group) is 1. The van der Waals surface area contributed by atoms with Crippen LogP contribution in [0.4, 0.5) is 5.69 Å². The molecule has 0 N–H and O–H groups in total. The Bertz CT molecular complexity index is 598. The molecule has 112 valence electrons. The van der Waals surface area contributed by atoms with Crippen molar-refractivity contribution in [3.63, 3.8) is 0 Å². The molecule has 4 nitrogen and oxygen atoms in total. The van der Waals surface area contributed by atoms with Gasteiger partial charge in [0.05, 0.1) is 6.21 Å². The van der Waals surface area contributed by atoms with Gasteiger partial charge in [-0.05, 0) is 35.8 Å². The summed E-state index contributed by atoms with van der Waals surface area (Å²) in [4.78, 5) is 9.05. The summed E-state index contributed by atoms with van der Waals surface area (Å²) < 4.78 is 0. The highest BCUT2D eigenvalue weighted by Crippen LogP contribution is 2.31. The molecule has 0 aliphatic heterocycles. The average Bonchev–Trinajstić information content (AvgIpc) is 2.94. The number of benzene rings is 1. The molecule has 0 heterocycles. The molecule has 1 aromatic rings. The van der Waals surface area contributed by atoms with E-state index in [1.165, 1.54) is 16.8 Å². The molecule has 0 aromatic heterocycles. The van der Waals surface area contributed by atoms with Crippen molar-refractivity contribution in [1.82, 2.24) is 4.90 Å². The van der Waals surface area contributed by atoms with E-state index >= 15 is 0 Å². The van der Waals surface area contributed by atoms with Gasteiger partial charge < -0.3 is 14.6 Å². The Kier molecular flexibility index (Phi) is 4.68. The zero-order valence-corrected chi connectivity index (χ0v) is 13.4. The number of hydrogen-bond donors (Lipinski definition) is 0. The fourth-order valence-electron chi connectivity index (χ4n) is 2.35. The molecular weight excluding hydrogens is 262 g/mol. The van der Waals surface area contributed by atoms with Crippen LogP contribution in [-0.4, -0.2) is 46.4 Å². The summed E-state index contributed by atoms with van der Waals surface area (Å²) in [5.41, 5.74) is 5.98. The van der Waals surface area contributed by atoms with Crippen LogP contribution < -0.4 is 4.90 Å². The SMILES string of the molecule is CON=Cc1cc(N(C)C)ccc1C1=CC(N(C)C)=CC1. The van der Waals surface area contributed by atoms with Gasteiger partial charge in [-0.15, -0.1) is 0 Å². The summed E-state index contributed by atoms with van der Waals surface area (Å²) in [6, 6.07) is 6.42. The van der Waals surface area contributed by atoms with Gasteiger partial charge in [-0.25, -0.2) is 0 Å². The summed E-state index contributed by atoms with van der Waals surface area (Å²) in [6.07, 6.45) is 7.20. The van der Waals surface area contributed by atoms with Crippen LogP contribution in [-0.2, 0) is 4.84 Å². The third-order valence-electron chi connectivity index (χ3n) is 3.56. The van der Waals surface area contributed by atoms with E-state index in [2.05, 4.69) is 59.4 Å². The van der Waals surface area contributed by atoms with E-state index in [9.17, 15) is 0 Å². The number of anilines is 1. The molecule has 0 radical (unpaired) electrons. The van der Waals surface area contributed by atoms with E-state index in [0.29, 0.717) is 0 Å². The third kappa shape index (κ3) is 3.45. The van der Waals surface area contributed by atoms with Crippen molar-refractivity contribution in [2.45, 2.75) is 6.42 Å². The monoisotopic (exact) mass is 285 g/mol. The largest absolute Gasteiger partial charge is 0.399 e. The predicted octanol–water partition coefficient (Wildman–Crippen LogP) is 2.97. The summed E-state index contributed by atoms with van der Waals surface area (Å²) in [5.74, 6) is 0. The molecule has 0 spiro atoms. The third-order valence-corrected chi connectivity index (χ3v) is 3.56. The topological polar surface area (TPSA) is 28.1 Å². The Morgan fingerprint density at radius 2 is 1.90 bits per heavy atom. The van der Waals surface area contributed by atoms with Gasteiger partial charge in [-0.3, -0.25) is 0 Å². The minimum atomic E-state index is 0.947. The smallest absolute Gasteiger partial charge is 0.106 e. The number of oxime groups is 1. The average molecular weight is 285 g/mol. The molecule has 0 saturated carbocycles. The molecule has 0 fully saturated rings. The van der Waals surface area contributed by atoms with Crippen LogP contribution in [0, 0.1) is 0 Å². The summed E-state index contributed by atoms with van der Waals surface area (Å²) in [6.45, 7) is 0. The van der Waals surface area contributed by atoms with Crippen LogP contribution >= 0.6 is 0 Å². The summed E-state index contributed by atoms with van der Waals surface area (Å²) in [7, 11) is 9.76. The van der Waals surface area contributed by atoms with Crippen LogP contribution in [0.15, 0.2) is 41.2 Å². The van der Waals surface area contributed by atoms with Crippen LogP contribution in [0.2, 0.25) is 0 Å². The van der Waals surface area contributed by atoms with Crippen LogP contribution in [0.25, 0.3) is 5.57 Å². The van der Waals surface area contributed by atoms with Crippen LogP contribution in [0.5, 0.6) is 0 Å². The Morgan fingerprint density at radius 3 is 2.48 bits per heavy atom. The number of rotatable bonds is 5. The van der Waals surface area contributed by atoms with Gasteiger partial charge in [0.1, 0.15) is 7.11 Å². The Morgan fingerprint density at radius 1 is 1.14 bits per heavy atom. The van der Waals surface area contributed by atoms with Gasteiger partial charge in [0, 0.05) is 45.1 Å². The highest BCUT2D eigenvalue weighted by atomic mass is 16.6. The highest BCUT2D eigenvalue weighted by Gasteiger charge is 2.13. The van der Waals surface area contributed by atoms with Crippen molar-refractivity contribution in [2.24, 2.45) is 5.16 Å². The lowest BCUT2D eigenvalue weighted by molar-refractivity contribution is 0.215. The maximum Gasteiger partial charge on any atom is 0.106 e. The second kappa shape index (κ2) is 6.48. The fraction of sp³-hybridized carbons (Fsp3) is 0.353. The van der Waals surface area contributed by atoms with Crippen molar-refractivity contribution in [1.29, 1.82) is 0 Å². The van der Waals surface area contributed by atoms with Gasteiger partial charge in [0.2, 0.25) is 0 Å². The number of nitrogens with zero attached hydrogens (tertiary/aromatic N) is 3. The quantitative estimate of drug-likeness (QED) is 0.615. The molecule has 1 aliphatic carbocycles. The second-order valence-corrected chi connectivity index (χ2v) is 5.48. The minimum Gasteiger partial charge on any atom is -0.399 e. The van der Waals surface area contributed by atoms with Gasteiger partial charge in [-0.2, -0.15) is 0 Å². The van der Waals surface area contributed by atoms with Crippen molar-refractivity contribution in [3.05, 3.63) is 47.2 Å². The van der Waals surface area contributed by atoms with Crippen LogP contribution in [0.1, 0.15) is 17.5 Å². The lowest BCUT2D eigenvalue weighted by Crippen LogP contribution is -2.09. The first kappa shape index (κ1) is 15.2. The van der Waals surface area contributed by atoms with E-state index in [-0.39, 0.29) is 0 Å². The Hall–Kier alpha value is -2.23. The molecule has 1 aliphatic rings. The maximum absolute atomic E-state index is 4.84. The van der Waals surface area contributed by atoms with Crippen molar-refractivity contribution in [3.8, 4) is 0 Å². The lowest BCUT2D eigenvalue weighted by Gasteiger charge is -2.15. The summed E-state index contributed by atoms with van der Waals surface area (Å²) >= 11 is 0. The van der Waals surface area contributed by atoms with Gasteiger partial charge in [0.15, 0.2) is 0 Å². The van der Waals surface area contributed by atoms with Crippen LogP contribution in [0.3, 0.4) is 0 Å². The van der Waals surface area contributed by atoms with Gasteiger partial charge >= 0.3 is 0 Å². The molecule has 2 rings (SSSR count). The van der Waals surface area contributed by atoms with Crippen molar-refractivity contribution in [2.75, 3.05) is 40.2 Å². The lowest BCUT2D eigenvalue weighted by atomic mass is 9.98. The Balaban J connectivity index is 2.40. The number of allylic oxidation sites excluding steroid dienone is 3. The molecule has 0 unspecified atom stereocenters. The molecule has 0 amide bonds. The second-order valence-electron chi connectivity index (χ2n) is 5.48. The number of hydrogen-bond acceptors (Lipinski definition) is 4. The summed E-state index contributed by atoms with van der Waals surface area (Å²) in [5, 5.41) is 3.93. The highest BCUT2D eigenvalue weighted by molar-refractivity contribution is 5.91. The van der Waals surface area contributed by atoms with E-state index in [1.54, 1.807) is 13.3 Å². The first-order chi connectivity index (χ1) is 10.0. The molecule has 0 atom stereocenters. The molecule has 21 heavy (non-hydrogen) atoms. The van der Waals surface area contributed by atoms with Crippen molar-refractivity contribution >= 4 is 17.5 Å². The Labute approximate surface area is 127 Å². The van der Waals surface area contributed by atoms with Crippen molar-refractivity contribution < 1.29 is 4.84 Å². The van der Waals surface area contributed by atoms with Gasteiger partial charge in [0.25, 0.3) is 0 Å². The maximum atomic E-state index is 4.84. The molecule has 0 bridgehead atoms. The molecule has 0 saturated heterocycles. The zero-order valence-electron chi connectivity index (χ0n) is 13.4. The first-order valence-electron chi connectivity index (χ1n) is 6.99. The minimum absolute atomic E-state index is 0.947. The standard InChI is InChI=1S/C17H23N3O/c1-19(2)15-7-6-13(10-15)17-9-8-16(20(3)4)11-14(17)12-18-21-5/h7-12H,6H2,1-5H3. The van der Waals surface area contributed by atoms with E-state index in [0.717, 1.165) is 17.7 Å². The normalized spacial score (nSPS) is 14.1. The van der Waals surface area contributed by atoms with Gasteiger partial charge in [-0.1, -0.05) is 17.3 Å². The molecule has 4 heteroatoms. The molecular formula is C17H23N3O. The van der Waals surface area contributed by atoms with E-state index in [4.69, 9.17) is 4.84 Å². The van der Waals surface area contributed by atoms with E-state index in [1.807, 2.05) is 14.1 Å². The van der Waals surface area contributed by atoms with E-state index < -0.39 is 0 Å².